The minimum Gasteiger partial charge on any atom is -0.363 e. The van der Waals surface area contributed by atoms with Crippen molar-refractivity contribution in [2.75, 3.05) is 23.4 Å². The first-order valence-corrected chi connectivity index (χ1v) is 9.30. The van der Waals surface area contributed by atoms with Crippen molar-refractivity contribution in [3.05, 3.63) is 24.3 Å². The van der Waals surface area contributed by atoms with Crippen LogP contribution in [0.15, 0.2) is 33.5 Å². The van der Waals surface area contributed by atoms with E-state index in [9.17, 15) is 13.2 Å². The van der Waals surface area contributed by atoms with Crippen LogP contribution in [-0.4, -0.2) is 37.3 Å². The number of anilines is 2. The second-order valence-corrected chi connectivity index (χ2v) is 7.79. The fraction of sp³-hybridized carbons (Fsp3) is 0.182. The first-order chi connectivity index (χ1) is 10.4. The Morgan fingerprint density at radius 1 is 1.32 bits per heavy atom. The second kappa shape index (κ2) is 7.05. The van der Waals surface area contributed by atoms with E-state index in [2.05, 4.69) is 20.8 Å². The molecule has 0 atom stereocenters. The van der Waals surface area contributed by atoms with Gasteiger partial charge in [0.15, 0.2) is 4.34 Å². The van der Waals surface area contributed by atoms with Gasteiger partial charge in [-0.05, 0) is 24.3 Å². The van der Waals surface area contributed by atoms with Gasteiger partial charge in [0.25, 0.3) is 0 Å². The van der Waals surface area contributed by atoms with Crippen molar-refractivity contribution in [1.82, 2.24) is 10.2 Å². The molecule has 1 heterocycles. The Balaban J connectivity index is 1.89. The fourth-order valence-electron chi connectivity index (χ4n) is 1.42. The van der Waals surface area contributed by atoms with E-state index >= 15 is 0 Å². The molecule has 2 rings (SSSR count). The molecule has 0 saturated carbocycles. The molecular weight excluding hydrogens is 346 g/mol. The third-order valence-corrected chi connectivity index (χ3v) is 5.42. The molecule has 4 N–H and O–H groups in total. The number of aromatic nitrogens is 2. The number of sulfonamides is 1. The number of amides is 1. The molecule has 0 aliphatic carbocycles. The van der Waals surface area contributed by atoms with Crippen molar-refractivity contribution in [2.24, 2.45) is 5.14 Å². The Morgan fingerprint density at radius 2 is 2.00 bits per heavy atom. The molecule has 2 aromatic rings. The first kappa shape index (κ1) is 16.7. The van der Waals surface area contributed by atoms with Crippen LogP contribution in [0.5, 0.6) is 0 Å². The average molecular weight is 359 g/mol. The number of carbonyl (C=O) groups is 1. The van der Waals surface area contributed by atoms with E-state index in [4.69, 9.17) is 5.14 Å². The lowest BCUT2D eigenvalue weighted by Gasteiger charge is -2.05. The lowest BCUT2D eigenvalue weighted by atomic mass is 10.3. The monoisotopic (exact) mass is 359 g/mol. The zero-order chi connectivity index (χ0) is 16.2. The second-order valence-electron chi connectivity index (χ2n) is 4.03. The van der Waals surface area contributed by atoms with Crippen LogP contribution in [0.25, 0.3) is 0 Å². The summed E-state index contributed by atoms with van der Waals surface area (Å²) in [6, 6.07) is 5.63. The summed E-state index contributed by atoms with van der Waals surface area (Å²) in [5.74, 6) is -0.0514. The predicted octanol–water partition coefficient (Wildman–Crippen LogP) is 0.958. The van der Waals surface area contributed by atoms with Crippen molar-refractivity contribution >= 4 is 49.8 Å². The quantitative estimate of drug-likeness (QED) is 0.655. The van der Waals surface area contributed by atoms with E-state index in [1.54, 1.807) is 7.05 Å². The molecule has 1 amide bonds. The van der Waals surface area contributed by atoms with Gasteiger partial charge in [-0.2, -0.15) is 0 Å². The van der Waals surface area contributed by atoms with Gasteiger partial charge < -0.3 is 10.6 Å². The van der Waals surface area contributed by atoms with Crippen molar-refractivity contribution in [3.8, 4) is 0 Å². The molecule has 1 aromatic heterocycles. The Labute approximate surface area is 135 Å². The summed E-state index contributed by atoms with van der Waals surface area (Å²) < 4.78 is 22.9. The number of hydrogen-bond donors (Lipinski definition) is 3. The zero-order valence-electron chi connectivity index (χ0n) is 11.4. The Kier molecular flexibility index (Phi) is 5.34. The number of nitrogens with zero attached hydrogens (tertiary/aromatic N) is 2. The number of thioether (sulfide) groups is 1. The molecule has 0 bridgehead atoms. The van der Waals surface area contributed by atoms with Gasteiger partial charge in [-0.1, -0.05) is 23.1 Å². The molecule has 0 spiro atoms. The summed E-state index contributed by atoms with van der Waals surface area (Å²) in [5, 5.41) is 19.0. The van der Waals surface area contributed by atoms with Gasteiger partial charge in [-0.15, -0.1) is 10.2 Å². The van der Waals surface area contributed by atoms with Gasteiger partial charge >= 0.3 is 0 Å². The number of primary sulfonamides is 1. The minimum atomic E-state index is -3.73. The number of carbonyl (C=O) groups excluding carboxylic acids is 1. The van der Waals surface area contributed by atoms with E-state index < -0.39 is 10.0 Å². The SMILES string of the molecule is CNc1nnc(SCC(=O)Nc2ccc(S(N)(=O)=O)cc2)s1. The molecule has 0 aliphatic heterocycles. The molecule has 1 aromatic carbocycles. The van der Waals surface area contributed by atoms with Crippen molar-refractivity contribution in [2.45, 2.75) is 9.24 Å². The van der Waals surface area contributed by atoms with Crippen LogP contribution < -0.4 is 15.8 Å². The molecule has 11 heteroatoms. The molecule has 0 fully saturated rings. The zero-order valence-corrected chi connectivity index (χ0v) is 13.9. The van der Waals surface area contributed by atoms with Gasteiger partial charge in [0.1, 0.15) is 0 Å². The molecule has 118 valence electrons. The summed E-state index contributed by atoms with van der Waals surface area (Å²) in [7, 11) is -1.99. The molecule has 8 nitrogen and oxygen atoms in total. The maximum Gasteiger partial charge on any atom is 0.238 e. The Bertz CT molecular complexity index is 758. The Hall–Kier alpha value is -1.69. The number of benzene rings is 1. The number of rotatable bonds is 6. The van der Waals surface area contributed by atoms with Crippen molar-refractivity contribution in [3.63, 3.8) is 0 Å². The molecule has 0 radical (unpaired) electrons. The lowest BCUT2D eigenvalue weighted by molar-refractivity contribution is -0.113. The molecular formula is C11H13N5O3S3. The average Bonchev–Trinajstić information content (AvgIpc) is 2.93. The summed E-state index contributed by atoms with van der Waals surface area (Å²) in [4.78, 5) is 11.8. The smallest absolute Gasteiger partial charge is 0.238 e. The highest BCUT2D eigenvalue weighted by Gasteiger charge is 2.10. The van der Waals surface area contributed by atoms with Gasteiger partial charge in [0.2, 0.25) is 21.1 Å². The van der Waals surface area contributed by atoms with E-state index in [1.165, 1.54) is 47.4 Å². The summed E-state index contributed by atoms with van der Waals surface area (Å²) in [5.41, 5.74) is 0.492. The molecule has 22 heavy (non-hydrogen) atoms. The van der Waals surface area contributed by atoms with Gasteiger partial charge in [0, 0.05) is 12.7 Å². The van der Waals surface area contributed by atoms with Crippen LogP contribution in [0.1, 0.15) is 0 Å². The van der Waals surface area contributed by atoms with Crippen LogP contribution in [0.4, 0.5) is 10.8 Å². The molecule has 0 unspecified atom stereocenters. The number of nitrogens with two attached hydrogens (primary N) is 1. The van der Waals surface area contributed by atoms with Gasteiger partial charge in [-0.3, -0.25) is 4.79 Å². The van der Waals surface area contributed by atoms with Gasteiger partial charge in [-0.25, -0.2) is 13.6 Å². The van der Waals surface area contributed by atoms with E-state index in [-0.39, 0.29) is 16.6 Å². The Morgan fingerprint density at radius 3 is 2.55 bits per heavy atom. The third kappa shape index (κ3) is 4.66. The molecule has 0 aliphatic rings. The number of hydrogen-bond acceptors (Lipinski definition) is 8. The van der Waals surface area contributed by atoms with E-state index in [0.717, 1.165) is 0 Å². The summed E-state index contributed by atoms with van der Waals surface area (Å²) in [6.45, 7) is 0. The standard InChI is InChI=1S/C11H13N5O3S3/c1-13-10-15-16-11(21-10)20-6-9(17)14-7-2-4-8(5-3-7)22(12,18)19/h2-5H,6H2,1H3,(H,13,15)(H,14,17)(H2,12,18,19). The molecule has 0 saturated heterocycles. The van der Waals surface area contributed by atoms with E-state index in [1.807, 2.05) is 0 Å². The van der Waals surface area contributed by atoms with Crippen LogP contribution in [0, 0.1) is 0 Å². The lowest BCUT2D eigenvalue weighted by Crippen LogP contribution is -2.15. The summed E-state index contributed by atoms with van der Waals surface area (Å²) in [6.07, 6.45) is 0. The predicted molar refractivity (Wildman–Crippen MR) is 86.6 cm³/mol. The van der Waals surface area contributed by atoms with Crippen LogP contribution in [-0.2, 0) is 14.8 Å². The largest absolute Gasteiger partial charge is 0.363 e. The van der Waals surface area contributed by atoms with Gasteiger partial charge in [0.05, 0.1) is 10.6 Å². The minimum absolute atomic E-state index is 0.00618. The van der Waals surface area contributed by atoms with E-state index in [0.29, 0.717) is 15.2 Å². The van der Waals surface area contributed by atoms with Crippen LogP contribution in [0.3, 0.4) is 0 Å². The third-order valence-electron chi connectivity index (χ3n) is 2.41. The topological polar surface area (TPSA) is 127 Å². The van der Waals surface area contributed by atoms with Crippen molar-refractivity contribution in [1.29, 1.82) is 0 Å². The van der Waals surface area contributed by atoms with Crippen LogP contribution >= 0.6 is 23.1 Å². The maximum atomic E-state index is 11.8. The van der Waals surface area contributed by atoms with Crippen LogP contribution in [0.2, 0.25) is 0 Å². The summed E-state index contributed by atoms with van der Waals surface area (Å²) >= 11 is 2.62. The maximum absolute atomic E-state index is 11.8. The normalized spacial score (nSPS) is 11.2. The highest BCUT2D eigenvalue weighted by molar-refractivity contribution is 8.01. The highest BCUT2D eigenvalue weighted by atomic mass is 32.2. The fourth-order valence-corrected chi connectivity index (χ4v) is 3.44. The van der Waals surface area contributed by atoms with Crippen molar-refractivity contribution < 1.29 is 13.2 Å². The number of nitrogens with one attached hydrogen (secondary N) is 2. The first-order valence-electron chi connectivity index (χ1n) is 5.95. The highest BCUT2D eigenvalue weighted by Crippen LogP contribution is 2.25.